The van der Waals surface area contributed by atoms with Gasteiger partial charge in [-0.2, -0.15) is 27.1 Å². The maximum Gasteiger partial charge on any atom is 0.279 e. The summed E-state index contributed by atoms with van der Waals surface area (Å²) in [5.74, 6) is 0. The van der Waals surface area contributed by atoms with E-state index in [-0.39, 0.29) is 46.8 Å². The number of rotatable bonds is 11. The molecule has 0 fully saturated rings. The summed E-state index contributed by atoms with van der Waals surface area (Å²) in [5.41, 5.74) is 24.0. The molecule has 270 valence electrons. The molecule has 8 N–H and O–H groups in total. The average Bonchev–Trinajstić information content (AvgIpc) is 3.14. The highest BCUT2D eigenvalue weighted by atomic mass is 32.2. The number of hydrogen-bond acceptors (Lipinski definition) is 10. The number of fused-ring (bicyclic) bond motifs is 2. The molecule has 14 heteroatoms. The number of nitrogens with zero attached hydrogens (tertiary/aromatic N) is 2. The van der Waals surface area contributed by atoms with E-state index in [4.69, 9.17) is 14.3 Å². The molecule has 6 rings (SSSR count). The highest BCUT2D eigenvalue weighted by molar-refractivity contribution is 7.87. The first-order valence-corrected chi connectivity index (χ1v) is 19.7. The van der Waals surface area contributed by atoms with Gasteiger partial charge in [0.1, 0.15) is 0 Å². The van der Waals surface area contributed by atoms with Crippen LogP contribution in [-0.4, -0.2) is 25.9 Å². The SMILES string of the molecule is [H]/N=N/C1=C(N)c2ccccc2C(c2ccc(-c3ccc(C4(S(=O)(=O)O)CC(/N=N/[H])=C(N)c5ccccc54)c(CCC)c3)cc2CCC)(S(=O)(=O)O)C1. The second-order valence-electron chi connectivity index (χ2n) is 13.2. The van der Waals surface area contributed by atoms with Crippen molar-refractivity contribution in [2.24, 2.45) is 21.7 Å². The summed E-state index contributed by atoms with van der Waals surface area (Å²) in [6.07, 6.45) is 1.40. The van der Waals surface area contributed by atoms with Crippen LogP contribution in [0, 0.1) is 11.0 Å². The van der Waals surface area contributed by atoms with Gasteiger partial charge in [0.15, 0.2) is 9.49 Å². The van der Waals surface area contributed by atoms with Gasteiger partial charge in [-0.15, -0.1) is 0 Å². The van der Waals surface area contributed by atoms with Crippen LogP contribution in [0.1, 0.15) is 84.0 Å². The lowest BCUT2D eigenvalue weighted by Crippen LogP contribution is -2.41. The van der Waals surface area contributed by atoms with E-state index in [1.807, 2.05) is 26.0 Å². The number of benzene rings is 4. The van der Waals surface area contributed by atoms with Gasteiger partial charge in [0, 0.05) is 24.0 Å². The molecule has 2 aliphatic carbocycles. The average molecular weight is 741 g/mol. The van der Waals surface area contributed by atoms with Crippen molar-refractivity contribution in [1.29, 1.82) is 11.0 Å². The van der Waals surface area contributed by atoms with E-state index in [2.05, 4.69) is 21.3 Å². The summed E-state index contributed by atoms with van der Waals surface area (Å²) in [5, 5.41) is 7.70. The quantitative estimate of drug-likeness (QED) is 0.0658. The van der Waals surface area contributed by atoms with E-state index in [0.717, 1.165) is 0 Å². The normalized spacial score (nSPS) is 21.3. The predicted octanol–water partition coefficient (Wildman–Crippen LogP) is 7.65. The van der Waals surface area contributed by atoms with E-state index in [9.17, 15) is 25.9 Å². The number of nitrogens with one attached hydrogen (secondary N) is 2. The Morgan fingerprint density at radius 2 is 1.04 bits per heavy atom. The molecule has 0 radical (unpaired) electrons. The van der Waals surface area contributed by atoms with Gasteiger partial charge in [0.05, 0.1) is 22.8 Å². The first-order valence-electron chi connectivity index (χ1n) is 17.7. The van der Waals surface area contributed by atoms with Crippen LogP contribution in [0.15, 0.2) is 107 Å². The molecule has 0 saturated carbocycles. The van der Waals surface area contributed by atoms with E-state index in [1.165, 1.54) is 0 Å². The standard InChI is InChI=1S/C38H40N6O6S2/c1-3-9-25-19-23(15-17-29(25)37(51(45,46)47)21-33(43-41)35(39)27-11-5-7-13-31(27)37)24-16-18-30(26(20-24)10-4-2)38(52(48,49)50)22-34(44-42)36(40)28-12-6-8-14-32(28)38/h5-8,11-20,41-42H,3-4,9-10,21-22,39-40H2,1-2H3,(H,45,46,47)(H,48,49,50)/b43-41+,44-42+. The third kappa shape index (κ3) is 5.57. The van der Waals surface area contributed by atoms with Crippen molar-refractivity contribution in [1.82, 2.24) is 0 Å². The lowest BCUT2D eigenvalue weighted by Gasteiger charge is -2.38. The summed E-state index contributed by atoms with van der Waals surface area (Å²) in [4.78, 5) is 0. The molecule has 2 unspecified atom stereocenters. The van der Waals surface area contributed by atoms with Crippen LogP contribution >= 0.6 is 0 Å². The Labute approximate surface area is 306 Å². The number of nitrogens with two attached hydrogens (primary N) is 2. The fourth-order valence-corrected chi connectivity index (χ4v) is 10.5. The lowest BCUT2D eigenvalue weighted by molar-refractivity contribution is 0.438. The van der Waals surface area contributed by atoms with E-state index < -0.39 is 29.7 Å². The van der Waals surface area contributed by atoms with Gasteiger partial charge in [-0.25, -0.2) is 11.0 Å². The monoisotopic (exact) mass is 740 g/mol. The second kappa shape index (κ2) is 13.5. The van der Waals surface area contributed by atoms with Crippen molar-refractivity contribution >= 4 is 31.6 Å². The second-order valence-corrected chi connectivity index (χ2v) is 16.5. The zero-order chi connectivity index (χ0) is 39.1. The Morgan fingerprint density at radius 1 is 0.654 bits per heavy atom. The number of aryl methyl sites for hydroxylation is 2. The Hall–Kier alpha value is -5.02. The summed E-state index contributed by atoms with van der Waals surface area (Å²) >= 11 is 0. The predicted molar refractivity (Wildman–Crippen MR) is 199 cm³/mol. The van der Waals surface area contributed by atoms with Crippen molar-refractivity contribution < 1.29 is 28.8 Å². The minimum absolute atomic E-state index is 0.0497. The van der Waals surface area contributed by atoms with Gasteiger partial charge < -0.3 is 11.5 Å². The van der Waals surface area contributed by atoms with Gasteiger partial charge in [-0.3, -0.25) is 9.11 Å². The molecular weight excluding hydrogens is 701 g/mol. The molecule has 12 nitrogen and oxygen atoms in total. The molecule has 4 aromatic rings. The van der Waals surface area contributed by atoms with Gasteiger partial charge in [-0.1, -0.05) is 112 Å². The van der Waals surface area contributed by atoms with Gasteiger partial charge in [0.25, 0.3) is 20.2 Å². The summed E-state index contributed by atoms with van der Waals surface area (Å²) in [6.45, 7) is 3.90. The van der Waals surface area contributed by atoms with Crippen LogP contribution in [0.2, 0.25) is 2.82 Å². The largest absolute Gasteiger partial charge is 0.397 e. The summed E-state index contributed by atoms with van der Waals surface area (Å²) in [7, 11) is -9.82. The molecule has 2 aliphatic rings. The zero-order valence-corrected chi connectivity index (χ0v) is 30.2. The minimum atomic E-state index is -4.91. The Kier molecular flexibility index (Phi) is 8.86. The van der Waals surface area contributed by atoms with Crippen LogP contribution in [0.5, 0.6) is 0 Å². The summed E-state index contributed by atoms with van der Waals surface area (Å²) < 4.78 is 87.7. The topological polar surface area (TPSA) is 233 Å². The molecule has 2 atom stereocenters. The molecule has 0 aliphatic heterocycles. The molecule has 0 heterocycles. The molecule has 0 spiro atoms. The van der Waals surface area contributed by atoms with Gasteiger partial charge >= 0.3 is 0 Å². The van der Waals surface area contributed by atoms with E-state index in [1.54, 1.807) is 72.8 Å². The van der Waals surface area contributed by atoms with Crippen molar-refractivity contribution in [2.75, 3.05) is 0 Å². The molecule has 4 aromatic carbocycles. The highest BCUT2D eigenvalue weighted by Gasteiger charge is 2.53. The van der Waals surface area contributed by atoms with Gasteiger partial charge in [-0.05, 0) is 57.3 Å². The third-order valence-corrected chi connectivity index (χ3v) is 13.3. The molecular formula is C38H40N6O6S2. The van der Waals surface area contributed by atoms with Gasteiger partial charge in [0.2, 0.25) is 2.82 Å². The molecule has 0 amide bonds. The van der Waals surface area contributed by atoms with Crippen molar-refractivity contribution in [2.45, 2.75) is 61.9 Å². The lowest BCUT2D eigenvalue weighted by atomic mass is 9.75. The van der Waals surface area contributed by atoms with E-state index >= 15 is 0 Å². The smallest absolute Gasteiger partial charge is 0.279 e. The summed E-state index contributed by atoms with van der Waals surface area (Å²) in [6, 6.07) is 23.7. The highest BCUT2D eigenvalue weighted by Crippen LogP contribution is 2.52. The van der Waals surface area contributed by atoms with Crippen molar-refractivity contribution in [3.8, 4) is 11.1 Å². The fourth-order valence-electron chi connectivity index (χ4n) is 7.99. The zero-order valence-electron chi connectivity index (χ0n) is 30.6. The van der Waals surface area contributed by atoms with E-state index in [0.29, 0.717) is 70.2 Å². The first kappa shape index (κ1) is 34.1. The molecule has 0 aromatic heterocycles. The van der Waals surface area contributed by atoms with Crippen molar-refractivity contribution in [3.63, 3.8) is 0 Å². The maximum absolute atomic E-state index is 13.7. The van der Waals surface area contributed by atoms with Crippen LogP contribution in [0.4, 0.5) is 0 Å². The Morgan fingerprint density at radius 3 is 1.38 bits per heavy atom. The third-order valence-electron chi connectivity index (χ3n) is 10.3. The number of hydrogen-bond donors (Lipinski definition) is 6. The Balaban J connectivity index is 1.58. The van der Waals surface area contributed by atoms with Crippen LogP contribution in [0.25, 0.3) is 22.5 Å². The fraction of sp³-hybridized carbons (Fsp3) is 0.263. The number of allylic oxidation sites excluding steroid dienone is 2. The Bertz CT molecular complexity index is 2330. The maximum atomic E-state index is 13.7. The van der Waals surface area contributed by atoms with Crippen LogP contribution in [0.3, 0.4) is 0 Å². The molecule has 0 saturated heterocycles. The van der Waals surface area contributed by atoms with Crippen LogP contribution in [-0.2, 0) is 42.6 Å². The van der Waals surface area contributed by atoms with Crippen molar-refractivity contribution in [3.05, 3.63) is 141 Å². The molecule has 52 heavy (non-hydrogen) atoms. The van der Waals surface area contributed by atoms with Crippen LogP contribution < -0.4 is 11.5 Å². The molecule has 0 bridgehead atoms. The first-order chi connectivity index (χ1) is 25.7. The minimum Gasteiger partial charge on any atom is -0.397 e.